The van der Waals surface area contributed by atoms with Crippen LogP contribution in [0.3, 0.4) is 0 Å². The van der Waals surface area contributed by atoms with E-state index in [4.69, 9.17) is 5.73 Å². The lowest BCUT2D eigenvalue weighted by molar-refractivity contribution is 0.913. The van der Waals surface area contributed by atoms with Crippen molar-refractivity contribution in [3.05, 3.63) is 54.5 Å². The van der Waals surface area contributed by atoms with Gasteiger partial charge < -0.3 is 5.73 Å². The maximum atomic E-state index is 5.56. The zero-order valence-electron chi connectivity index (χ0n) is 10.5. The molecule has 0 fully saturated rings. The molecule has 19 heavy (non-hydrogen) atoms. The van der Waals surface area contributed by atoms with Crippen LogP contribution >= 0.6 is 0 Å². The van der Waals surface area contributed by atoms with E-state index in [-0.39, 0.29) is 0 Å². The number of nitrogens with two attached hydrogens (primary N) is 1. The monoisotopic (exact) mass is 250 g/mol. The molecule has 0 aliphatic heterocycles. The van der Waals surface area contributed by atoms with Crippen LogP contribution in [0.15, 0.2) is 48.8 Å². The van der Waals surface area contributed by atoms with Crippen LogP contribution in [-0.4, -0.2) is 21.5 Å². The van der Waals surface area contributed by atoms with Gasteiger partial charge in [-0.25, -0.2) is 9.97 Å². The van der Waals surface area contributed by atoms with Crippen molar-refractivity contribution in [2.24, 2.45) is 5.73 Å². The fourth-order valence-corrected chi connectivity index (χ4v) is 2.04. The Balaban J connectivity index is 2.05. The second-order valence-corrected chi connectivity index (χ2v) is 4.32. The molecule has 0 saturated carbocycles. The average molecular weight is 250 g/mol. The number of nitrogens with zero attached hydrogens (tertiary/aromatic N) is 3. The zero-order chi connectivity index (χ0) is 13.1. The van der Waals surface area contributed by atoms with Crippen LogP contribution in [-0.2, 0) is 6.42 Å². The van der Waals surface area contributed by atoms with Gasteiger partial charge in [-0.15, -0.1) is 0 Å². The SMILES string of the molecule is NCCc1ccnc(-c2ccc3ncccc3c2)n1. The normalized spacial score (nSPS) is 10.8. The second kappa shape index (κ2) is 5.12. The highest BCUT2D eigenvalue weighted by atomic mass is 14.9. The summed E-state index contributed by atoms with van der Waals surface area (Å²) in [7, 11) is 0. The Bertz CT molecular complexity index is 709. The molecule has 0 amide bonds. The van der Waals surface area contributed by atoms with Crippen molar-refractivity contribution in [1.82, 2.24) is 15.0 Å². The van der Waals surface area contributed by atoms with Crippen LogP contribution in [0.2, 0.25) is 0 Å². The molecule has 0 saturated heterocycles. The quantitative estimate of drug-likeness (QED) is 0.774. The third-order valence-corrected chi connectivity index (χ3v) is 2.97. The number of pyridine rings is 1. The maximum Gasteiger partial charge on any atom is 0.159 e. The van der Waals surface area contributed by atoms with Gasteiger partial charge in [-0.3, -0.25) is 4.98 Å². The van der Waals surface area contributed by atoms with E-state index in [9.17, 15) is 0 Å². The molecule has 94 valence electrons. The standard InChI is InChI=1S/C15H14N4/c16-7-5-13-6-9-18-15(19-13)12-3-4-14-11(10-12)2-1-8-17-14/h1-4,6,8-10H,5,7,16H2. The predicted octanol–water partition coefficient (Wildman–Crippen LogP) is 2.19. The summed E-state index contributed by atoms with van der Waals surface area (Å²) in [4.78, 5) is 13.2. The van der Waals surface area contributed by atoms with Crippen LogP contribution in [0, 0.1) is 0 Å². The van der Waals surface area contributed by atoms with Crippen LogP contribution in [0.25, 0.3) is 22.3 Å². The minimum Gasteiger partial charge on any atom is -0.330 e. The lowest BCUT2D eigenvalue weighted by Gasteiger charge is -2.04. The van der Waals surface area contributed by atoms with Gasteiger partial charge in [-0.2, -0.15) is 0 Å². The summed E-state index contributed by atoms with van der Waals surface area (Å²) in [6.07, 6.45) is 4.34. The summed E-state index contributed by atoms with van der Waals surface area (Å²) >= 11 is 0. The number of benzene rings is 1. The lowest BCUT2D eigenvalue weighted by atomic mass is 10.1. The third-order valence-electron chi connectivity index (χ3n) is 2.97. The van der Waals surface area contributed by atoms with Crippen LogP contribution in [0.4, 0.5) is 0 Å². The average Bonchev–Trinajstić information content (AvgIpc) is 2.47. The second-order valence-electron chi connectivity index (χ2n) is 4.32. The fraction of sp³-hybridized carbons (Fsp3) is 0.133. The molecule has 0 bridgehead atoms. The highest BCUT2D eigenvalue weighted by Crippen LogP contribution is 2.20. The predicted molar refractivity (Wildman–Crippen MR) is 75.5 cm³/mol. The van der Waals surface area contributed by atoms with Gasteiger partial charge in [0.1, 0.15) is 0 Å². The molecule has 3 aromatic rings. The highest BCUT2D eigenvalue weighted by molar-refractivity contribution is 5.82. The van der Waals surface area contributed by atoms with Crippen LogP contribution in [0.5, 0.6) is 0 Å². The summed E-state index contributed by atoms with van der Waals surface area (Å²) in [6.45, 7) is 0.595. The van der Waals surface area contributed by atoms with Gasteiger partial charge in [-0.1, -0.05) is 6.07 Å². The molecule has 2 N–H and O–H groups in total. The molecule has 0 aliphatic carbocycles. The Labute approximate surface area is 111 Å². The smallest absolute Gasteiger partial charge is 0.159 e. The van der Waals surface area contributed by atoms with E-state index in [1.807, 2.05) is 30.3 Å². The summed E-state index contributed by atoms with van der Waals surface area (Å²) in [5, 5.41) is 1.09. The number of aromatic nitrogens is 3. The molecular formula is C15H14N4. The minimum absolute atomic E-state index is 0.595. The molecule has 1 aromatic carbocycles. The number of hydrogen-bond acceptors (Lipinski definition) is 4. The van der Waals surface area contributed by atoms with E-state index in [0.29, 0.717) is 6.54 Å². The molecule has 0 atom stereocenters. The molecular weight excluding hydrogens is 236 g/mol. The molecule has 3 rings (SSSR count). The topological polar surface area (TPSA) is 64.7 Å². The lowest BCUT2D eigenvalue weighted by Crippen LogP contribution is -2.05. The van der Waals surface area contributed by atoms with Gasteiger partial charge in [0.2, 0.25) is 0 Å². The van der Waals surface area contributed by atoms with Crippen molar-refractivity contribution in [3.8, 4) is 11.4 Å². The molecule has 0 radical (unpaired) electrons. The van der Waals surface area contributed by atoms with Crippen molar-refractivity contribution in [3.63, 3.8) is 0 Å². The van der Waals surface area contributed by atoms with E-state index < -0.39 is 0 Å². The molecule has 4 heteroatoms. The minimum atomic E-state index is 0.595. The summed E-state index contributed by atoms with van der Waals surface area (Å²) in [6, 6.07) is 11.9. The van der Waals surface area contributed by atoms with E-state index in [1.165, 1.54) is 0 Å². The van der Waals surface area contributed by atoms with Gasteiger partial charge >= 0.3 is 0 Å². The van der Waals surface area contributed by atoms with Crippen LogP contribution in [0.1, 0.15) is 5.69 Å². The molecule has 0 aliphatic rings. The Morgan fingerprint density at radius 2 is 1.95 bits per heavy atom. The molecule has 2 aromatic heterocycles. The Morgan fingerprint density at radius 3 is 2.84 bits per heavy atom. The Morgan fingerprint density at radius 1 is 1.00 bits per heavy atom. The zero-order valence-corrected chi connectivity index (χ0v) is 10.5. The molecule has 4 nitrogen and oxygen atoms in total. The van der Waals surface area contributed by atoms with E-state index in [0.717, 1.165) is 34.4 Å². The first-order valence-corrected chi connectivity index (χ1v) is 6.24. The number of hydrogen-bond donors (Lipinski definition) is 1. The number of rotatable bonds is 3. The Kier molecular flexibility index (Phi) is 3.16. The van der Waals surface area contributed by atoms with Gasteiger partial charge in [0.25, 0.3) is 0 Å². The fourth-order valence-electron chi connectivity index (χ4n) is 2.04. The summed E-state index contributed by atoms with van der Waals surface area (Å²) < 4.78 is 0. The first-order chi connectivity index (χ1) is 9.36. The highest BCUT2D eigenvalue weighted by Gasteiger charge is 2.04. The first-order valence-electron chi connectivity index (χ1n) is 6.24. The van der Waals surface area contributed by atoms with Crippen molar-refractivity contribution in [2.45, 2.75) is 6.42 Å². The van der Waals surface area contributed by atoms with E-state index in [2.05, 4.69) is 21.0 Å². The van der Waals surface area contributed by atoms with Crippen molar-refractivity contribution in [2.75, 3.05) is 6.54 Å². The van der Waals surface area contributed by atoms with Crippen LogP contribution < -0.4 is 5.73 Å². The summed E-state index contributed by atoms with van der Waals surface area (Å²) in [5.74, 6) is 0.733. The molecule has 0 unspecified atom stereocenters. The van der Waals surface area contributed by atoms with Gasteiger partial charge in [-0.05, 0) is 36.9 Å². The maximum absolute atomic E-state index is 5.56. The largest absolute Gasteiger partial charge is 0.330 e. The van der Waals surface area contributed by atoms with Crippen molar-refractivity contribution >= 4 is 10.9 Å². The molecule has 0 spiro atoms. The van der Waals surface area contributed by atoms with E-state index >= 15 is 0 Å². The van der Waals surface area contributed by atoms with E-state index in [1.54, 1.807) is 12.4 Å². The summed E-state index contributed by atoms with van der Waals surface area (Å²) in [5.41, 5.74) is 8.50. The number of fused-ring (bicyclic) bond motifs is 1. The Hall–Kier alpha value is -2.33. The van der Waals surface area contributed by atoms with Gasteiger partial charge in [0, 0.05) is 35.5 Å². The first kappa shape index (κ1) is 11.7. The third kappa shape index (κ3) is 2.44. The van der Waals surface area contributed by atoms with Crippen molar-refractivity contribution < 1.29 is 0 Å². The van der Waals surface area contributed by atoms with Gasteiger partial charge in [0.15, 0.2) is 5.82 Å². The molecule has 2 heterocycles. The van der Waals surface area contributed by atoms with Gasteiger partial charge in [0.05, 0.1) is 5.52 Å². The van der Waals surface area contributed by atoms with Crippen molar-refractivity contribution in [1.29, 1.82) is 0 Å².